The van der Waals surface area contributed by atoms with Crippen molar-refractivity contribution in [3.63, 3.8) is 0 Å². The number of likely N-dealkylation sites (tertiary alicyclic amines) is 1. The zero-order valence-corrected chi connectivity index (χ0v) is 18.6. The molecule has 7 nitrogen and oxygen atoms in total. The van der Waals surface area contributed by atoms with Crippen molar-refractivity contribution in [3.05, 3.63) is 35.4 Å². The van der Waals surface area contributed by atoms with Crippen LogP contribution in [0.4, 0.5) is 0 Å². The zero-order chi connectivity index (χ0) is 21.0. The molecule has 0 amide bonds. The number of nitrogens with zero attached hydrogens (tertiary/aromatic N) is 3. The van der Waals surface area contributed by atoms with Crippen LogP contribution in [0.1, 0.15) is 24.5 Å². The molecule has 0 aliphatic carbocycles. The number of morpholine rings is 1. The van der Waals surface area contributed by atoms with Gasteiger partial charge in [-0.15, -0.1) is 0 Å². The van der Waals surface area contributed by atoms with Gasteiger partial charge < -0.3 is 24.4 Å². The Morgan fingerprint density at radius 1 is 1.17 bits per heavy atom. The van der Waals surface area contributed by atoms with Crippen LogP contribution in [0, 0.1) is 5.92 Å². The van der Waals surface area contributed by atoms with Crippen molar-refractivity contribution in [1.29, 1.82) is 0 Å². The number of guanidine groups is 1. The molecule has 1 unspecified atom stereocenters. The van der Waals surface area contributed by atoms with Crippen LogP contribution < -0.4 is 5.32 Å². The fourth-order valence-electron chi connectivity index (χ4n) is 4.01. The predicted octanol–water partition coefficient (Wildman–Crippen LogP) is 1.97. The Bertz CT molecular complexity index is 649. The highest BCUT2D eigenvalue weighted by molar-refractivity contribution is 5.80. The Morgan fingerprint density at radius 2 is 1.97 bits per heavy atom. The quantitative estimate of drug-likeness (QED) is 0.356. The second-order valence-electron chi connectivity index (χ2n) is 8.00. The van der Waals surface area contributed by atoms with E-state index in [1.54, 1.807) is 7.11 Å². The molecule has 2 saturated heterocycles. The van der Waals surface area contributed by atoms with Gasteiger partial charge in [-0.3, -0.25) is 4.90 Å². The molecule has 1 aromatic rings. The summed E-state index contributed by atoms with van der Waals surface area (Å²) in [5.74, 6) is 1.57. The Balaban J connectivity index is 1.57. The van der Waals surface area contributed by atoms with Crippen LogP contribution in [0.25, 0.3) is 0 Å². The van der Waals surface area contributed by atoms with E-state index in [4.69, 9.17) is 19.2 Å². The SMILES string of the molecule is CCNC(=NCc1ccccc1CN1CCOCC1)N1CCC(COCCOC)C1. The fourth-order valence-corrected chi connectivity index (χ4v) is 4.01. The topological polar surface area (TPSA) is 58.6 Å². The van der Waals surface area contributed by atoms with Crippen LogP contribution in [-0.2, 0) is 27.3 Å². The van der Waals surface area contributed by atoms with Gasteiger partial charge in [-0.25, -0.2) is 4.99 Å². The molecule has 2 aliphatic heterocycles. The number of hydrogen-bond acceptors (Lipinski definition) is 5. The van der Waals surface area contributed by atoms with Gasteiger partial charge in [-0.2, -0.15) is 0 Å². The molecule has 2 aliphatic rings. The number of benzene rings is 1. The average molecular weight is 419 g/mol. The van der Waals surface area contributed by atoms with Gasteiger partial charge in [-0.05, 0) is 24.5 Å². The van der Waals surface area contributed by atoms with Crippen LogP contribution >= 0.6 is 0 Å². The van der Waals surface area contributed by atoms with E-state index in [9.17, 15) is 0 Å². The van der Waals surface area contributed by atoms with Gasteiger partial charge in [0, 0.05) is 52.3 Å². The maximum Gasteiger partial charge on any atom is 0.194 e. The van der Waals surface area contributed by atoms with Crippen LogP contribution in [0.5, 0.6) is 0 Å². The van der Waals surface area contributed by atoms with Crippen LogP contribution in [0.3, 0.4) is 0 Å². The summed E-state index contributed by atoms with van der Waals surface area (Å²) in [6, 6.07) is 8.68. The van der Waals surface area contributed by atoms with E-state index in [-0.39, 0.29) is 0 Å². The molecule has 1 atom stereocenters. The highest BCUT2D eigenvalue weighted by atomic mass is 16.5. The maximum atomic E-state index is 5.74. The Labute approximate surface area is 181 Å². The van der Waals surface area contributed by atoms with Gasteiger partial charge in [0.2, 0.25) is 0 Å². The molecule has 1 N–H and O–H groups in total. The maximum absolute atomic E-state index is 5.74. The fraction of sp³-hybridized carbons (Fsp3) is 0.696. The number of rotatable bonds is 10. The van der Waals surface area contributed by atoms with Crippen molar-refractivity contribution < 1.29 is 14.2 Å². The third kappa shape index (κ3) is 7.23. The second kappa shape index (κ2) is 12.9. The lowest BCUT2D eigenvalue weighted by atomic mass is 10.1. The van der Waals surface area contributed by atoms with Crippen molar-refractivity contribution in [3.8, 4) is 0 Å². The summed E-state index contributed by atoms with van der Waals surface area (Å²) in [5.41, 5.74) is 2.67. The Hall–Kier alpha value is -1.67. The first-order chi connectivity index (χ1) is 14.8. The molecule has 0 radical (unpaired) electrons. The standard InChI is InChI=1S/C23H38N4O3/c1-3-24-23(27-9-8-20(17-27)19-30-15-14-28-2)25-16-21-6-4-5-7-22(21)18-26-10-12-29-13-11-26/h4-7,20H,3,8-19H2,1-2H3,(H,24,25). The van der Waals surface area contributed by atoms with E-state index in [0.717, 1.165) is 71.5 Å². The summed E-state index contributed by atoms with van der Waals surface area (Å²) in [7, 11) is 1.71. The normalized spacial score (nSPS) is 20.7. The van der Waals surface area contributed by atoms with Crippen molar-refractivity contribution >= 4 is 5.96 Å². The van der Waals surface area contributed by atoms with Crippen molar-refractivity contribution in [1.82, 2.24) is 15.1 Å². The highest BCUT2D eigenvalue weighted by Gasteiger charge is 2.25. The first-order valence-corrected chi connectivity index (χ1v) is 11.3. The highest BCUT2D eigenvalue weighted by Crippen LogP contribution is 2.18. The summed E-state index contributed by atoms with van der Waals surface area (Å²) in [6.45, 7) is 12.5. The van der Waals surface area contributed by atoms with Crippen LogP contribution in [0.2, 0.25) is 0 Å². The molecule has 3 rings (SSSR count). The van der Waals surface area contributed by atoms with E-state index in [0.29, 0.717) is 25.7 Å². The second-order valence-corrected chi connectivity index (χ2v) is 8.00. The summed E-state index contributed by atoms with van der Waals surface area (Å²) in [5, 5.41) is 3.48. The van der Waals surface area contributed by atoms with Crippen molar-refractivity contribution in [2.75, 3.05) is 72.9 Å². The van der Waals surface area contributed by atoms with E-state index in [1.165, 1.54) is 11.1 Å². The lowest BCUT2D eigenvalue weighted by Gasteiger charge is -2.27. The summed E-state index contributed by atoms with van der Waals surface area (Å²) in [4.78, 5) is 9.83. The third-order valence-corrected chi connectivity index (χ3v) is 5.72. The van der Waals surface area contributed by atoms with Crippen molar-refractivity contribution in [2.24, 2.45) is 10.9 Å². The zero-order valence-electron chi connectivity index (χ0n) is 18.6. The Kier molecular flexibility index (Phi) is 9.89. The summed E-state index contributed by atoms with van der Waals surface area (Å²) >= 11 is 0. The molecular formula is C23H38N4O3. The monoisotopic (exact) mass is 418 g/mol. The van der Waals surface area contributed by atoms with E-state index < -0.39 is 0 Å². The molecule has 2 heterocycles. The van der Waals surface area contributed by atoms with Gasteiger partial charge >= 0.3 is 0 Å². The van der Waals surface area contributed by atoms with Crippen molar-refractivity contribution in [2.45, 2.75) is 26.4 Å². The van der Waals surface area contributed by atoms with Gasteiger partial charge in [0.15, 0.2) is 5.96 Å². The summed E-state index contributed by atoms with van der Waals surface area (Å²) < 4.78 is 16.3. The van der Waals surface area contributed by atoms with E-state index in [1.807, 2.05) is 0 Å². The number of nitrogens with one attached hydrogen (secondary N) is 1. The minimum Gasteiger partial charge on any atom is -0.382 e. The first-order valence-electron chi connectivity index (χ1n) is 11.3. The number of aliphatic imine (C=N–C) groups is 1. The lowest BCUT2D eigenvalue weighted by Crippen LogP contribution is -2.40. The van der Waals surface area contributed by atoms with E-state index in [2.05, 4.69) is 46.3 Å². The smallest absolute Gasteiger partial charge is 0.194 e. The number of methoxy groups -OCH3 is 1. The van der Waals surface area contributed by atoms with Gasteiger partial charge in [0.05, 0.1) is 39.6 Å². The number of hydrogen-bond donors (Lipinski definition) is 1. The first kappa shape index (κ1) is 23.0. The molecule has 0 bridgehead atoms. The average Bonchev–Trinajstić information content (AvgIpc) is 3.25. The molecule has 7 heteroatoms. The van der Waals surface area contributed by atoms with Gasteiger partial charge in [-0.1, -0.05) is 24.3 Å². The van der Waals surface area contributed by atoms with Crippen LogP contribution in [0.15, 0.2) is 29.3 Å². The van der Waals surface area contributed by atoms with E-state index >= 15 is 0 Å². The molecule has 0 aromatic heterocycles. The molecule has 30 heavy (non-hydrogen) atoms. The summed E-state index contributed by atoms with van der Waals surface area (Å²) in [6.07, 6.45) is 1.14. The minimum atomic E-state index is 0.555. The molecule has 168 valence electrons. The molecule has 2 fully saturated rings. The lowest BCUT2D eigenvalue weighted by molar-refractivity contribution is 0.0341. The van der Waals surface area contributed by atoms with Gasteiger partial charge in [0.25, 0.3) is 0 Å². The molecule has 1 aromatic carbocycles. The Morgan fingerprint density at radius 3 is 2.73 bits per heavy atom. The molecular weight excluding hydrogens is 380 g/mol. The van der Waals surface area contributed by atoms with Gasteiger partial charge in [0.1, 0.15) is 0 Å². The van der Waals surface area contributed by atoms with Crippen LogP contribution in [-0.4, -0.2) is 88.6 Å². The predicted molar refractivity (Wildman–Crippen MR) is 120 cm³/mol. The third-order valence-electron chi connectivity index (χ3n) is 5.72. The molecule has 0 saturated carbocycles. The number of ether oxygens (including phenoxy) is 3. The minimum absolute atomic E-state index is 0.555. The largest absolute Gasteiger partial charge is 0.382 e. The molecule has 0 spiro atoms.